The molecule has 1 nitrogen and oxygen atoms in total. The summed E-state index contributed by atoms with van der Waals surface area (Å²) in [6.45, 7) is -0.513. The Morgan fingerprint density at radius 1 is 1.38 bits per heavy atom. The minimum Gasteiger partial charge on any atom is -0.313 e. The van der Waals surface area contributed by atoms with Crippen LogP contribution in [-0.2, 0) is 4.74 Å². The lowest BCUT2D eigenvalue weighted by Gasteiger charge is -2.36. The predicted octanol–water partition coefficient (Wildman–Crippen LogP) is 1.71. The molecule has 0 aromatic rings. The van der Waals surface area contributed by atoms with Crippen LogP contribution in [0.5, 0.6) is 0 Å². The second-order valence-electron chi connectivity index (χ2n) is 1.51. The zero-order chi connectivity index (χ0) is 6.41. The molecule has 0 aromatic carbocycles. The lowest BCUT2D eigenvalue weighted by Crippen LogP contribution is -2.56. The summed E-state index contributed by atoms with van der Waals surface area (Å²) in [7, 11) is 0. The molecule has 0 spiro atoms. The highest BCUT2D eigenvalue weighted by Crippen LogP contribution is 2.47. The van der Waals surface area contributed by atoms with E-state index in [-0.39, 0.29) is 0 Å². The van der Waals surface area contributed by atoms with Gasteiger partial charge in [0.15, 0.2) is 0 Å². The Morgan fingerprint density at radius 3 is 1.75 bits per heavy atom. The Morgan fingerprint density at radius 2 is 1.75 bits per heavy atom. The fraction of sp³-hybridized carbons (Fsp3) is 1.00. The van der Waals surface area contributed by atoms with Crippen LogP contribution < -0.4 is 0 Å². The van der Waals surface area contributed by atoms with Crippen LogP contribution in [0, 0.1) is 0 Å². The molecule has 48 valence electrons. The maximum atomic E-state index is 12.1. The van der Waals surface area contributed by atoms with Crippen molar-refractivity contribution in [3.8, 4) is 0 Å². The first kappa shape index (κ1) is 6.60. The quantitative estimate of drug-likeness (QED) is 0.461. The molecule has 1 aliphatic heterocycles. The molecule has 1 atom stereocenters. The van der Waals surface area contributed by atoms with Crippen molar-refractivity contribution in [1.82, 2.24) is 0 Å². The van der Waals surface area contributed by atoms with E-state index in [0.717, 1.165) is 22.6 Å². The predicted molar refractivity (Wildman–Crippen MR) is 28.8 cm³/mol. The van der Waals surface area contributed by atoms with E-state index in [4.69, 9.17) is 0 Å². The number of rotatable bonds is 0. The molecule has 1 unspecified atom stereocenters. The molecule has 0 aliphatic carbocycles. The van der Waals surface area contributed by atoms with Gasteiger partial charge in [-0.25, -0.2) is 4.39 Å². The topological polar surface area (TPSA) is 9.23 Å². The second kappa shape index (κ2) is 1.50. The van der Waals surface area contributed by atoms with Gasteiger partial charge in [0.1, 0.15) is 6.61 Å². The summed E-state index contributed by atoms with van der Waals surface area (Å²) in [5, 5.41) is 0. The van der Waals surface area contributed by atoms with Crippen LogP contribution >= 0.6 is 22.6 Å². The van der Waals surface area contributed by atoms with Crippen LogP contribution in [0.2, 0.25) is 0 Å². The van der Waals surface area contributed by atoms with Crippen molar-refractivity contribution < 1.29 is 17.9 Å². The van der Waals surface area contributed by atoms with Crippen molar-refractivity contribution in [2.75, 3.05) is 6.61 Å². The first-order valence-corrected chi connectivity index (χ1v) is 2.93. The van der Waals surface area contributed by atoms with Gasteiger partial charge in [0.05, 0.1) is 0 Å². The normalized spacial score (nSPS) is 43.5. The summed E-state index contributed by atoms with van der Waals surface area (Å²) in [5.74, 6) is 0. The average Bonchev–Trinajstić information content (AvgIpc) is 1.64. The first-order valence-electron chi connectivity index (χ1n) is 1.85. The second-order valence-corrected chi connectivity index (χ2v) is 3.22. The Labute approximate surface area is 57.3 Å². The summed E-state index contributed by atoms with van der Waals surface area (Å²) in [4.78, 5) is 0. The minimum atomic E-state index is -3.56. The number of alkyl halides is 4. The molecule has 0 amide bonds. The third kappa shape index (κ3) is 0.717. The summed E-state index contributed by atoms with van der Waals surface area (Å²) in [6.07, 6.45) is -3.56. The van der Waals surface area contributed by atoms with Crippen LogP contribution in [0.3, 0.4) is 0 Å². The Kier molecular flexibility index (Phi) is 1.24. The molecule has 1 rings (SSSR count). The van der Waals surface area contributed by atoms with Crippen molar-refractivity contribution in [2.45, 2.75) is 9.78 Å². The first-order chi connectivity index (χ1) is 3.46. The molecule has 5 heteroatoms. The molecule has 0 N–H and O–H groups in total. The van der Waals surface area contributed by atoms with Crippen LogP contribution in [0.25, 0.3) is 0 Å². The molecule has 1 aliphatic rings. The molecule has 0 saturated carbocycles. The highest BCUT2D eigenvalue weighted by Gasteiger charge is 2.64. The molecule has 0 radical (unpaired) electrons. The van der Waals surface area contributed by atoms with Gasteiger partial charge in [-0.2, -0.15) is 8.78 Å². The summed E-state index contributed by atoms with van der Waals surface area (Å²) >= 11 is 1.03. The van der Waals surface area contributed by atoms with Gasteiger partial charge in [0.2, 0.25) is 0 Å². The maximum absolute atomic E-state index is 12.1. The van der Waals surface area contributed by atoms with Gasteiger partial charge in [-0.15, -0.1) is 0 Å². The van der Waals surface area contributed by atoms with E-state index in [1.54, 1.807) is 0 Å². The van der Waals surface area contributed by atoms with Gasteiger partial charge in [0.25, 0.3) is 3.68 Å². The fourth-order valence-electron chi connectivity index (χ4n) is 0.290. The molecule has 0 bridgehead atoms. The van der Waals surface area contributed by atoms with Gasteiger partial charge >= 0.3 is 6.11 Å². The fourth-order valence-corrected chi connectivity index (χ4v) is 0.602. The molecule has 1 heterocycles. The van der Waals surface area contributed by atoms with E-state index in [9.17, 15) is 13.2 Å². The van der Waals surface area contributed by atoms with Crippen LogP contribution in [-0.4, -0.2) is 16.4 Å². The monoisotopic (exact) mass is 238 g/mol. The Bertz CT molecular complexity index is 99.1. The van der Waals surface area contributed by atoms with Gasteiger partial charge in [-0.05, 0) is 22.6 Å². The maximum Gasteiger partial charge on any atom is 0.401 e. The summed E-state index contributed by atoms with van der Waals surface area (Å²) < 4.78 is 36.7. The number of ether oxygens (including phenoxy) is 1. The van der Waals surface area contributed by atoms with Crippen molar-refractivity contribution in [3.05, 3.63) is 0 Å². The van der Waals surface area contributed by atoms with E-state index in [1.165, 1.54) is 0 Å². The van der Waals surface area contributed by atoms with Crippen LogP contribution in [0.15, 0.2) is 0 Å². The van der Waals surface area contributed by atoms with Crippen molar-refractivity contribution in [2.24, 2.45) is 0 Å². The van der Waals surface area contributed by atoms with Crippen molar-refractivity contribution in [3.63, 3.8) is 0 Å². The van der Waals surface area contributed by atoms with Crippen LogP contribution in [0.4, 0.5) is 13.2 Å². The van der Waals surface area contributed by atoms with Gasteiger partial charge in [0, 0.05) is 0 Å². The van der Waals surface area contributed by atoms with Gasteiger partial charge in [-0.3, -0.25) is 0 Å². The highest BCUT2D eigenvalue weighted by molar-refractivity contribution is 14.1. The van der Waals surface area contributed by atoms with Crippen molar-refractivity contribution >= 4 is 22.6 Å². The SMILES string of the molecule is FC1(I)COC1(F)F. The molecular formula is C3H2F3IO. The van der Waals surface area contributed by atoms with Gasteiger partial charge < -0.3 is 4.74 Å². The Hall–Kier alpha value is 0.480. The van der Waals surface area contributed by atoms with Crippen LogP contribution in [0.1, 0.15) is 0 Å². The Balaban J connectivity index is 2.63. The van der Waals surface area contributed by atoms with Crippen molar-refractivity contribution in [1.29, 1.82) is 0 Å². The molecular weight excluding hydrogens is 236 g/mol. The zero-order valence-electron chi connectivity index (χ0n) is 3.63. The highest BCUT2D eigenvalue weighted by atomic mass is 127. The minimum absolute atomic E-state index is 0.513. The lowest BCUT2D eigenvalue weighted by atomic mass is 10.3. The van der Waals surface area contributed by atoms with E-state index >= 15 is 0 Å². The third-order valence-electron chi connectivity index (χ3n) is 0.861. The average molecular weight is 238 g/mol. The molecule has 8 heavy (non-hydrogen) atoms. The van der Waals surface area contributed by atoms with E-state index in [2.05, 4.69) is 4.74 Å². The molecule has 0 aromatic heterocycles. The van der Waals surface area contributed by atoms with E-state index in [0.29, 0.717) is 0 Å². The number of halogens is 4. The number of hydrogen-bond donors (Lipinski definition) is 0. The standard InChI is InChI=1S/C3H2F3IO/c4-2(7)1-8-3(2,5)6/h1H2. The summed E-state index contributed by atoms with van der Waals surface area (Å²) in [5.41, 5.74) is 0. The van der Waals surface area contributed by atoms with Gasteiger partial charge in [-0.1, -0.05) is 0 Å². The molecule has 1 saturated heterocycles. The lowest BCUT2D eigenvalue weighted by molar-refractivity contribution is -0.363. The number of hydrogen-bond acceptors (Lipinski definition) is 1. The largest absolute Gasteiger partial charge is 0.401 e. The molecule has 1 fully saturated rings. The summed E-state index contributed by atoms with van der Waals surface area (Å²) in [6, 6.07) is 0. The zero-order valence-corrected chi connectivity index (χ0v) is 5.78. The van der Waals surface area contributed by atoms with E-state index in [1.807, 2.05) is 0 Å². The smallest absolute Gasteiger partial charge is 0.313 e. The van der Waals surface area contributed by atoms with E-state index < -0.39 is 16.4 Å². The third-order valence-corrected chi connectivity index (χ3v) is 1.80.